The van der Waals surface area contributed by atoms with E-state index >= 15 is 0 Å². The summed E-state index contributed by atoms with van der Waals surface area (Å²) in [6, 6.07) is 79.9. The van der Waals surface area contributed by atoms with Gasteiger partial charge in [0.2, 0.25) is 0 Å². The molecule has 0 aromatic heterocycles. The Bertz CT molecular complexity index is 3150. The van der Waals surface area contributed by atoms with Crippen molar-refractivity contribution in [2.24, 2.45) is 17.4 Å². The van der Waals surface area contributed by atoms with E-state index in [9.17, 15) is 0 Å². The summed E-state index contributed by atoms with van der Waals surface area (Å²) in [5.41, 5.74) is 22.4. The molecule has 10 aromatic carbocycles. The van der Waals surface area contributed by atoms with E-state index in [0.717, 1.165) is 22.6 Å². The van der Waals surface area contributed by atoms with Gasteiger partial charge in [-0.1, -0.05) is 230 Å². The molecule has 0 unspecified atom stereocenters. The molecule has 0 fully saturated rings. The second kappa shape index (κ2) is 26.6. The van der Waals surface area contributed by atoms with E-state index in [-0.39, 0.29) is 56.3 Å². The normalized spacial score (nSPS) is 11.5. The number of methoxy groups -OCH3 is 2. The monoisotopic (exact) mass is 1160 g/mol. The van der Waals surface area contributed by atoms with Gasteiger partial charge in [-0.3, -0.25) is 0 Å². The van der Waals surface area contributed by atoms with Crippen LogP contribution < -0.4 is 77.6 Å². The molecule has 0 aliphatic rings. The Labute approximate surface area is 478 Å². The Hall–Kier alpha value is -5.70. The summed E-state index contributed by atoms with van der Waals surface area (Å²) in [4.78, 5) is 0. The molecule has 76 heavy (non-hydrogen) atoms. The van der Waals surface area contributed by atoms with Crippen molar-refractivity contribution >= 4 is 69.2 Å². The fourth-order valence-corrected chi connectivity index (χ4v) is 14.7. The molecule has 4 N–H and O–H groups in total. The van der Waals surface area contributed by atoms with Crippen LogP contribution in [0.25, 0.3) is 32.7 Å². The van der Waals surface area contributed by atoms with Crippen LogP contribution in [0.3, 0.4) is 0 Å². The van der Waals surface area contributed by atoms with Gasteiger partial charge in [-0.15, -0.1) is 0 Å². The fourth-order valence-electron chi connectivity index (χ4n) is 9.86. The third-order valence-electron chi connectivity index (χ3n) is 14.1. The first-order valence-corrected chi connectivity index (χ1v) is 27.8. The molecule has 388 valence electrons. The summed E-state index contributed by atoms with van der Waals surface area (Å²) in [5.74, 6) is 1.82. The molecule has 10 rings (SSSR count). The van der Waals surface area contributed by atoms with Crippen LogP contribution in [-0.2, 0) is 25.0 Å². The molecule has 4 nitrogen and oxygen atoms in total. The largest absolute Gasteiger partial charge is 2.00 e. The van der Waals surface area contributed by atoms with Gasteiger partial charge < -0.3 is 45.8 Å². The predicted molar refractivity (Wildman–Crippen MR) is 317 cm³/mol. The topological polar surface area (TPSA) is 70.5 Å². The zero-order chi connectivity index (χ0) is 51.2. The third kappa shape index (κ3) is 12.7. The van der Waals surface area contributed by atoms with Crippen molar-refractivity contribution in [3.63, 3.8) is 0 Å². The number of ether oxygens (including phenoxy) is 2. The SMILES string of the molecule is COc1ccc(C(N)(c2ccc(OC)cc2)[C@H](N)C(C)C)cc1.Cc1ccc(P(c2ccc(C)cc2)c2ccc3ccccc3c2-c2c(P(c3ccc(C)cc3)c3ccc(C)cc3)ccc3ccccc23)cc1.[Cl-].[Cl-].[Ru+2]. The van der Waals surface area contributed by atoms with E-state index in [0.29, 0.717) is 0 Å². The average Bonchev–Trinajstić information content (AvgIpc) is 3.43. The fraction of sp³-hybridized carbons (Fsp3) is 0.164. The van der Waals surface area contributed by atoms with Crippen LogP contribution in [0.2, 0.25) is 0 Å². The minimum absolute atomic E-state index is 0. The second-order valence-corrected chi connectivity index (χ2v) is 23.8. The molecular formula is C67H66Cl2N2O2P2Ru. The van der Waals surface area contributed by atoms with Crippen LogP contribution in [-0.4, -0.2) is 20.3 Å². The van der Waals surface area contributed by atoms with Gasteiger partial charge in [0.25, 0.3) is 0 Å². The first-order chi connectivity index (χ1) is 35.4. The van der Waals surface area contributed by atoms with Crippen LogP contribution >= 0.6 is 15.8 Å². The number of nitrogens with two attached hydrogens (primary N) is 2. The molecular weight excluding hydrogens is 1100 g/mol. The van der Waals surface area contributed by atoms with Gasteiger partial charge in [0.05, 0.1) is 19.8 Å². The summed E-state index contributed by atoms with van der Waals surface area (Å²) in [6.45, 7) is 12.9. The first-order valence-electron chi connectivity index (χ1n) is 25.1. The second-order valence-electron chi connectivity index (χ2n) is 19.5. The zero-order valence-corrected chi connectivity index (χ0v) is 49.5. The Morgan fingerprint density at radius 3 is 0.961 bits per heavy atom. The van der Waals surface area contributed by atoms with Crippen molar-refractivity contribution in [1.82, 2.24) is 0 Å². The van der Waals surface area contributed by atoms with Crippen LogP contribution in [0, 0.1) is 33.6 Å². The van der Waals surface area contributed by atoms with Crippen molar-refractivity contribution in [1.29, 1.82) is 0 Å². The third-order valence-corrected chi connectivity index (χ3v) is 19.1. The summed E-state index contributed by atoms with van der Waals surface area (Å²) in [5, 5.41) is 13.4. The van der Waals surface area contributed by atoms with Gasteiger partial charge in [-0.25, -0.2) is 0 Å². The number of hydrogen-bond donors (Lipinski definition) is 2. The van der Waals surface area contributed by atoms with E-state index < -0.39 is 21.4 Å². The van der Waals surface area contributed by atoms with Crippen molar-refractivity contribution < 1.29 is 53.8 Å². The molecule has 0 heterocycles. The number of benzene rings is 10. The van der Waals surface area contributed by atoms with Gasteiger partial charge in [-0.2, -0.15) is 0 Å². The quantitative estimate of drug-likeness (QED) is 0.0941. The van der Waals surface area contributed by atoms with E-state index in [4.69, 9.17) is 20.9 Å². The maximum absolute atomic E-state index is 6.86. The van der Waals surface area contributed by atoms with E-state index in [2.05, 4.69) is 211 Å². The Morgan fingerprint density at radius 1 is 0.395 bits per heavy atom. The molecule has 0 saturated carbocycles. The van der Waals surface area contributed by atoms with E-state index in [1.54, 1.807) is 14.2 Å². The van der Waals surface area contributed by atoms with Crippen molar-refractivity contribution in [3.05, 3.63) is 252 Å². The zero-order valence-electron chi connectivity index (χ0n) is 44.4. The van der Waals surface area contributed by atoms with E-state index in [1.807, 2.05) is 48.5 Å². The molecule has 9 heteroatoms. The van der Waals surface area contributed by atoms with Gasteiger partial charge in [0.15, 0.2) is 0 Å². The first kappa shape index (κ1) is 59.5. The Kier molecular flexibility index (Phi) is 20.8. The maximum atomic E-state index is 6.86. The van der Waals surface area contributed by atoms with Gasteiger partial charge >= 0.3 is 19.5 Å². The van der Waals surface area contributed by atoms with Crippen molar-refractivity contribution in [2.45, 2.75) is 53.1 Å². The molecule has 0 saturated heterocycles. The molecule has 0 amide bonds. The predicted octanol–water partition coefficient (Wildman–Crippen LogP) is 7.30. The summed E-state index contributed by atoms with van der Waals surface area (Å²) in [7, 11) is 1.52. The Morgan fingerprint density at radius 2 is 0.684 bits per heavy atom. The minimum atomic E-state index is -0.885. The van der Waals surface area contributed by atoms with Gasteiger partial charge in [0.1, 0.15) is 11.5 Å². The minimum Gasteiger partial charge on any atom is -1.00 e. The van der Waals surface area contributed by atoms with Crippen LogP contribution in [0.4, 0.5) is 0 Å². The molecule has 1 atom stereocenters. The summed E-state index contributed by atoms with van der Waals surface area (Å²) >= 11 is 0. The summed E-state index contributed by atoms with van der Waals surface area (Å²) < 4.78 is 10.5. The standard InChI is InChI=1S/C48H40P2.C19H26N2O2.2ClH.Ru/c1-33-13-23-39(24-14-33)49(40-25-15-34(2)16-26-40)45-31-21-37-9-5-7-11-43(37)47(45)48-44-12-8-6-10-38(44)22-32-46(48)50(41-27-17-35(3)18-28-41)42-29-19-36(4)20-30-42;1-13(2)18(20)19(21,14-5-9-16(22-3)10-6-14)15-7-11-17(23-4)12-8-15;;;/h5-32H,1-4H3;5-13,18H,20-21H2,1-4H3;2*1H;/q;;;;+2/p-2/t;18-;;;/m.1.../s1. The van der Waals surface area contributed by atoms with Crippen LogP contribution in [0.5, 0.6) is 11.5 Å². The number of aryl methyl sites for hydroxylation is 4. The molecule has 0 aliphatic carbocycles. The smallest absolute Gasteiger partial charge is 1.00 e. The summed E-state index contributed by atoms with van der Waals surface area (Å²) in [6.07, 6.45) is 0. The molecule has 0 radical (unpaired) electrons. The number of rotatable bonds is 13. The Balaban J connectivity index is 0.000000306. The van der Waals surface area contributed by atoms with Gasteiger partial charge in [-0.05, 0) is 149 Å². The molecule has 0 bridgehead atoms. The number of fused-ring (bicyclic) bond motifs is 2. The van der Waals surface area contributed by atoms with Gasteiger partial charge in [0, 0.05) is 6.04 Å². The van der Waals surface area contributed by atoms with Crippen molar-refractivity contribution in [2.75, 3.05) is 14.2 Å². The van der Waals surface area contributed by atoms with Crippen LogP contribution in [0.1, 0.15) is 47.2 Å². The number of halogens is 2. The van der Waals surface area contributed by atoms with Crippen LogP contribution in [0.15, 0.2) is 218 Å². The van der Waals surface area contributed by atoms with E-state index in [1.165, 1.54) is 86.8 Å². The maximum Gasteiger partial charge on any atom is 2.00 e. The average molecular weight is 1170 g/mol. The van der Waals surface area contributed by atoms with Crippen molar-refractivity contribution in [3.8, 4) is 22.6 Å². The molecule has 0 spiro atoms. The number of hydrogen-bond acceptors (Lipinski definition) is 4. The molecule has 10 aromatic rings. The molecule has 0 aliphatic heterocycles.